The molecule has 0 fully saturated rings. The van der Waals surface area contributed by atoms with Gasteiger partial charge < -0.3 is 15.8 Å². The first-order valence-electron chi connectivity index (χ1n) is 5.67. The van der Waals surface area contributed by atoms with Crippen LogP contribution in [0.3, 0.4) is 0 Å². The Morgan fingerprint density at radius 2 is 1.89 bits per heavy atom. The van der Waals surface area contributed by atoms with Gasteiger partial charge in [-0.1, -0.05) is 30.3 Å². The zero-order chi connectivity index (χ0) is 13.7. The molecule has 6 heteroatoms. The average Bonchev–Trinajstić information content (AvgIpc) is 2.47. The number of benzene rings is 1. The lowest BCUT2D eigenvalue weighted by Gasteiger charge is -2.16. The van der Waals surface area contributed by atoms with Gasteiger partial charge in [-0.25, -0.2) is 14.8 Å². The van der Waals surface area contributed by atoms with Crippen molar-refractivity contribution < 1.29 is 9.53 Å². The van der Waals surface area contributed by atoms with Crippen LogP contribution in [0.5, 0.6) is 0 Å². The summed E-state index contributed by atoms with van der Waals surface area (Å²) in [5, 5.41) is 2.92. The number of nitrogens with one attached hydrogen (secondary N) is 1. The highest BCUT2D eigenvalue weighted by atomic mass is 16.5. The Labute approximate surface area is 110 Å². The number of nitrogens with zero attached hydrogens (tertiary/aromatic N) is 2. The molecule has 0 bridgehead atoms. The standard InChI is InChI=1S/C13H14N4O2/c1-19-12(18)11(9-5-3-2-4-6-9)17-13-15-7-10(14)8-16-13/h2-8,11H,14H2,1H3,(H,15,16,17). The Morgan fingerprint density at radius 1 is 1.26 bits per heavy atom. The number of anilines is 2. The molecule has 0 spiro atoms. The minimum absolute atomic E-state index is 0.313. The van der Waals surface area contributed by atoms with Gasteiger partial charge in [-0.05, 0) is 5.56 Å². The summed E-state index contributed by atoms with van der Waals surface area (Å²) in [5.41, 5.74) is 6.74. The molecule has 0 aliphatic carbocycles. The van der Waals surface area contributed by atoms with Gasteiger partial charge in [-0.2, -0.15) is 0 Å². The number of rotatable bonds is 4. The summed E-state index contributed by atoms with van der Waals surface area (Å²) >= 11 is 0. The Hall–Kier alpha value is -2.63. The summed E-state index contributed by atoms with van der Waals surface area (Å²) in [6.45, 7) is 0. The van der Waals surface area contributed by atoms with E-state index in [1.807, 2.05) is 30.3 Å². The van der Waals surface area contributed by atoms with E-state index in [9.17, 15) is 4.79 Å². The molecule has 0 saturated carbocycles. The van der Waals surface area contributed by atoms with Crippen LogP contribution in [0.25, 0.3) is 0 Å². The van der Waals surface area contributed by atoms with Crippen LogP contribution in [0.4, 0.5) is 11.6 Å². The van der Waals surface area contributed by atoms with Gasteiger partial charge in [0.05, 0.1) is 25.2 Å². The first-order chi connectivity index (χ1) is 9.20. The van der Waals surface area contributed by atoms with E-state index in [1.54, 1.807) is 0 Å². The quantitative estimate of drug-likeness (QED) is 0.805. The third kappa shape index (κ3) is 3.19. The highest BCUT2D eigenvalue weighted by molar-refractivity contribution is 5.80. The van der Waals surface area contributed by atoms with Crippen LogP contribution < -0.4 is 11.1 Å². The molecule has 1 heterocycles. The smallest absolute Gasteiger partial charge is 0.333 e. The molecule has 1 aromatic heterocycles. The monoisotopic (exact) mass is 258 g/mol. The molecule has 0 saturated heterocycles. The molecule has 6 nitrogen and oxygen atoms in total. The minimum Gasteiger partial charge on any atom is -0.467 e. The number of nitrogen functional groups attached to an aromatic ring is 1. The van der Waals surface area contributed by atoms with Gasteiger partial charge >= 0.3 is 5.97 Å². The van der Waals surface area contributed by atoms with E-state index in [-0.39, 0.29) is 0 Å². The van der Waals surface area contributed by atoms with E-state index < -0.39 is 12.0 Å². The van der Waals surface area contributed by atoms with Crippen LogP contribution in [0.2, 0.25) is 0 Å². The fourth-order valence-electron chi connectivity index (χ4n) is 1.58. The Kier molecular flexibility index (Phi) is 3.92. The molecule has 1 atom stereocenters. The second-order valence-corrected chi connectivity index (χ2v) is 3.85. The number of hydrogen-bond donors (Lipinski definition) is 2. The van der Waals surface area contributed by atoms with Gasteiger partial charge in [-0.15, -0.1) is 0 Å². The van der Waals surface area contributed by atoms with E-state index >= 15 is 0 Å². The third-order valence-electron chi connectivity index (χ3n) is 2.52. The van der Waals surface area contributed by atoms with Gasteiger partial charge in [0.2, 0.25) is 5.95 Å². The number of aromatic nitrogens is 2. The van der Waals surface area contributed by atoms with Crippen LogP contribution in [0.1, 0.15) is 11.6 Å². The lowest BCUT2D eigenvalue weighted by Crippen LogP contribution is -2.23. The first kappa shape index (κ1) is 12.8. The van der Waals surface area contributed by atoms with Crippen molar-refractivity contribution in [2.24, 2.45) is 0 Å². The molecule has 0 aliphatic rings. The number of methoxy groups -OCH3 is 1. The number of carbonyl (C=O) groups is 1. The van der Waals surface area contributed by atoms with E-state index in [0.717, 1.165) is 5.56 Å². The maximum Gasteiger partial charge on any atom is 0.333 e. The molecule has 0 amide bonds. The summed E-state index contributed by atoms with van der Waals surface area (Å²) in [6.07, 6.45) is 2.93. The van der Waals surface area contributed by atoms with Crippen molar-refractivity contribution >= 4 is 17.6 Å². The summed E-state index contributed by atoms with van der Waals surface area (Å²) in [5.74, 6) is -0.0971. The summed E-state index contributed by atoms with van der Waals surface area (Å²) in [6, 6.07) is 8.55. The second-order valence-electron chi connectivity index (χ2n) is 3.85. The fraction of sp³-hybridized carbons (Fsp3) is 0.154. The zero-order valence-corrected chi connectivity index (χ0v) is 10.4. The minimum atomic E-state index is -0.658. The van der Waals surface area contributed by atoms with E-state index in [0.29, 0.717) is 11.6 Å². The first-order valence-corrected chi connectivity index (χ1v) is 5.67. The van der Waals surface area contributed by atoms with Crippen molar-refractivity contribution in [3.8, 4) is 0 Å². The van der Waals surface area contributed by atoms with E-state index in [1.165, 1.54) is 19.5 Å². The van der Waals surface area contributed by atoms with Crippen molar-refractivity contribution in [3.63, 3.8) is 0 Å². The number of ether oxygens (including phenoxy) is 1. The van der Waals surface area contributed by atoms with Crippen LogP contribution in [0.15, 0.2) is 42.7 Å². The number of esters is 1. The largest absolute Gasteiger partial charge is 0.467 e. The van der Waals surface area contributed by atoms with Crippen molar-refractivity contribution in [1.82, 2.24) is 9.97 Å². The van der Waals surface area contributed by atoms with Gasteiger partial charge in [0.1, 0.15) is 0 Å². The van der Waals surface area contributed by atoms with E-state index in [4.69, 9.17) is 10.5 Å². The van der Waals surface area contributed by atoms with Crippen LogP contribution in [0, 0.1) is 0 Å². The van der Waals surface area contributed by atoms with Crippen LogP contribution >= 0.6 is 0 Å². The maximum atomic E-state index is 11.8. The fourth-order valence-corrected chi connectivity index (χ4v) is 1.58. The number of hydrogen-bond acceptors (Lipinski definition) is 6. The molecule has 98 valence electrons. The molecule has 0 aliphatic heterocycles. The molecule has 19 heavy (non-hydrogen) atoms. The molecular weight excluding hydrogens is 244 g/mol. The normalized spacial score (nSPS) is 11.6. The van der Waals surface area contributed by atoms with Crippen LogP contribution in [-0.2, 0) is 9.53 Å². The highest BCUT2D eigenvalue weighted by Crippen LogP contribution is 2.18. The molecule has 2 aromatic rings. The third-order valence-corrected chi connectivity index (χ3v) is 2.52. The predicted octanol–water partition coefficient (Wildman–Crippen LogP) is 1.38. The summed E-state index contributed by atoms with van der Waals surface area (Å²) in [4.78, 5) is 19.8. The van der Waals surface area contributed by atoms with Crippen LogP contribution in [-0.4, -0.2) is 23.0 Å². The van der Waals surface area contributed by atoms with Gasteiger partial charge in [0.15, 0.2) is 6.04 Å². The van der Waals surface area contributed by atoms with Gasteiger partial charge in [-0.3, -0.25) is 0 Å². The molecule has 0 radical (unpaired) electrons. The molecule has 3 N–H and O–H groups in total. The second kappa shape index (κ2) is 5.81. The Morgan fingerprint density at radius 3 is 2.47 bits per heavy atom. The average molecular weight is 258 g/mol. The zero-order valence-electron chi connectivity index (χ0n) is 10.4. The predicted molar refractivity (Wildman–Crippen MR) is 71.3 cm³/mol. The van der Waals surface area contributed by atoms with Crippen molar-refractivity contribution in [3.05, 3.63) is 48.3 Å². The Bertz CT molecular complexity index is 542. The lowest BCUT2D eigenvalue weighted by atomic mass is 10.1. The maximum absolute atomic E-state index is 11.8. The highest BCUT2D eigenvalue weighted by Gasteiger charge is 2.21. The molecular formula is C13H14N4O2. The summed E-state index contributed by atoms with van der Waals surface area (Å²) in [7, 11) is 1.34. The van der Waals surface area contributed by atoms with Gasteiger partial charge in [0.25, 0.3) is 0 Å². The summed E-state index contributed by atoms with van der Waals surface area (Å²) < 4.78 is 4.78. The number of carbonyl (C=O) groups excluding carboxylic acids is 1. The Balaban J connectivity index is 2.24. The van der Waals surface area contributed by atoms with Crippen molar-refractivity contribution in [1.29, 1.82) is 0 Å². The molecule has 2 rings (SSSR count). The topological polar surface area (TPSA) is 90.1 Å². The molecule has 1 unspecified atom stereocenters. The SMILES string of the molecule is COC(=O)C(Nc1ncc(N)cn1)c1ccccc1. The van der Waals surface area contributed by atoms with E-state index in [2.05, 4.69) is 15.3 Å². The number of nitrogens with two attached hydrogens (primary N) is 1. The lowest BCUT2D eigenvalue weighted by molar-refractivity contribution is -0.141. The van der Waals surface area contributed by atoms with Gasteiger partial charge in [0, 0.05) is 0 Å². The van der Waals surface area contributed by atoms with Crippen molar-refractivity contribution in [2.75, 3.05) is 18.2 Å². The molecule has 1 aromatic carbocycles. The van der Waals surface area contributed by atoms with Crippen molar-refractivity contribution in [2.45, 2.75) is 6.04 Å².